The SMILES string of the molecule is CCCNc1nccc(N(CC)CC2CCC2)n1. The third-order valence-corrected chi connectivity index (χ3v) is 3.58. The summed E-state index contributed by atoms with van der Waals surface area (Å²) < 4.78 is 0. The Hall–Kier alpha value is -1.32. The van der Waals surface area contributed by atoms with E-state index in [9.17, 15) is 0 Å². The Morgan fingerprint density at radius 1 is 1.39 bits per heavy atom. The van der Waals surface area contributed by atoms with Crippen LogP contribution in [-0.4, -0.2) is 29.6 Å². The van der Waals surface area contributed by atoms with Crippen molar-refractivity contribution >= 4 is 11.8 Å². The lowest BCUT2D eigenvalue weighted by Gasteiger charge is -2.32. The van der Waals surface area contributed by atoms with Gasteiger partial charge < -0.3 is 10.2 Å². The lowest BCUT2D eigenvalue weighted by atomic mass is 9.85. The van der Waals surface area contributed by atoms with Crippen LogP contribution in [0.1, 0.15) is 39.5 Å². The third kappa shape index (κ3) is 3.34. The van der Waals surface area contributed by atoms with Gasteiger partial charge in [0.05, 0.1) is 0 Å². The van der Waals surface area contributed by atoms with Crippen LogP contribution in [0.5, 0.6) is 0 Å². The zero-order chi connectivity index (χ0) is 12.8. The van der Waals surface area contributed by atoms with E-state index in [4.69, 9.17) is 0 Å². The third-order valence-electron chi connectivity index (χ3n) is 3.58. The lowest BCUT2D eigenvalue weighted by molar-refractivity contribution is 0.318. The van der Waals surface area contributed by atoms with Gasteiger partial charge in [-0.05, 0) is 38.2 Å². The van der Waals surface area contributed by atoms with Crippen LogP contribution >= 0.6 is 0 Å². The Morgan fingerprint density at radius 2 is 2.22 bits per heavy atom. The summed E-state index contributed by atoms with van der Waals surface area (Å²) in [6.45, 7) is 7.42. The van der Waals surface area contributed by atoms with Crippen LogP contribution in [0.4, 0.5) is 11.8 Å². The molecule has 1 N–H and O–H groups in total. The Morgan fingerprint density at radius 3 is 2.83 bits per heavy atom. The Balaban J connectivity index is 1.99. The van der Waals surface area contributed by atoms with E-state index >= 15 is 0 Å². The van der Waals surface area contributed by atoms with Gasteiger partial charge in [0.1, 0.15) is 5.82 Å². The van der Waals surface area contributed by atoms with Crippen molar-refractivity contribution in [1.29, 1.82) is 0 Å². The molecule has 0 spiro atoms. The van der Waals surface area contributed by atoms with Gasteiger partial charge in [-0.15, -0.1) is 0 Å². The van der Waals surface area contributed by atoms with Crippen LogP contribution in [0.3, 0.4) is 0 Å². The van der Waals surface area contributed by atoms with E-state index < -0.39 is 0 Å². The molecular weight excluding hydrogens is 224 g/mol. The van der Waals surface area contributed by atoms with Gasteiger partial charge in [-0.2, -0.15) is 4.98 Å². The topological polar surface area (TPSA) is 41.1 Å². The largest absolute Gasteiger partial charge is 0.356 e. The predicted molar refractivity (Wildman–Crippen MR) is 76.0 cm³/mol. The number of anilines is 2. The molecule has 1 aliphatic rings. The highest BCUT2D eigenvalue weighted by Crippen LogP contribution is 2.28. The number of hydrogen-bond acceptors (Lipinski definition) is 4. The van der Waals surface area contributed by atoms with Crippen molar-refractivity contribution in [3.8, 4) is 0 Å². The van der Waals surface area contributed by atoms with E-state index in [0.29, 0.717) is 0 Å². The minimum Gasteiger partial charge on any atom is -0.356 e. The van der Waals surface area contributed by atoms with E-state index in [-0.39, 0.29) is 0 Å². The molecule has 0 atom stereocenters. The fraction of sp³-hybridized carbons (Fsp3) is 0.714. The molecule has 1 aromatic rings. The first-order chi connectivity index (χ1) is 8.83. The highest BCUT2D eigenvalue weighted by Gasteiger charge is 2.20. The fourth-order valence-corrected chi connectivity index (χ4v) is 2.22. The average molecular weight is 248 g/mol. The molecule has 0 saturated heterocycles. The summed E-state index contributed by atoms with van der Waals surface area (Å²) in [7, 11) is 0. The van der Waals surface area contributed by atoms with Gasteiger partial charge >= 0.3 is 0 Å². The van der Waals surface area contributed by atoms with Gasteiger partial charge in [-0.1, -0.05) is 13.3 Å². The number of nitrogens with one attached hydrogen (secondary N) is 1. The van der Waals surface area contributed by atoms with Crippen molar-refractivity contribution in [1.82, 2.24) is 9.97 Å². The Labute approximate surface area is 110 Å². The maximum absolute atomic E-state index is 4.60. The highest BCUT2D eigenvalue weighted by molar-refractivity contribution is 5.42. The van der Waals surface area contributed by atoms with Crippen molar-refractivity contribution < 1.29 is 0 Å². The second-order valence-corrected chi connectivity index (χ2v) is 5.00. The second-order valence-electron chi connectivity index (χ2n) is 5.00. The van der Waals surface area contributed by atoms with Crippen LogP contribution in [0, 0.1) is 5.92 Å². The van der Waals surface area contributed by atoms with Crippen molar-refractivity contribution in [3.63, 3.8) is 0 Å². The van der Waals surface area contributed by atoms with Gasteiger partial charge in [0.25, 0.3) is 0 Å². The summed E-state index contributed by atoms with van der Waals surface area (Å²) in [5.74, 6) is 2.67. The molecule has 0 aliphatic heterocycles. The summed E-state index contributed by atoms with van der Waals surface area (Å²) >= 11 is 0. The van der Waals surface area contributed by atoms with Crippen LogP contribution in [0.25, 0.3) is 0 Å². The molecule has 100 valence electrons. The monoisotopic (exact) mass is 248 g/mol. The fourth-order valence-electron chi connectivity index (χ4n) is 2.22. The summed E-state index contributed by atoms with van der Waals surface area (Å²) in [5.41, 5.74) is 0. The number of nitrogens with zero attached hydrogens (tertiary/aromatic N) is 3. The van der Waals surface area contributed by atoms with Crippen LogP contribution in [0.15, 0.2) is 12.3 Å². The quantitative estimate of drug-likeness (QED) is 0.805. The Bertz CT molecular complexity index is 363. The van der Waals surface area contributed by atoms with E-state index in [0.717, 1.165) is 43.7 Å². The number of rotatable bonds is 7. The summed E-state index contributed by atoms with van der Waals surface area (Å²) in [6, 6.07) is 2.01. The molecule has 1 fully saturated rings. The van der Waals surface area contributed by atoms with Gasteiger partial charge in [-0.3, -0.25) is 0 Å². The van der Waals surface area contributed by atoms with E-state index in [1.165, 1.54) is 19.3 Å². The van der Waals surface area contributed by atoms with Gasteiger partial charge in [0, 0.05) is 25.8 Å². The van der Waals surface area contributed by atoms with E-state index in [1.54, 1.807) is 0 Å². The van der Waals surface area contributed by atoms with Crippen LogP contribution < -0.4 is 10.2 Å². The van der Waals surface area contributed by atoms with Gasteiger partial charge in [0.15, 0.2) is 0 Å². The van der Waals surface area contributed by atoms with E-state index in [2.05, 4.69) is 34.0 Å². The molecule has 0 aromatic carbocycles. The lowest BCUT2D eigenvalue weighted by Crippen LogP contribution is -2.33. The Kier molecular flexibility index (Phi) is 4.79. The first kappa shape index (κ1) is 13.1. The molecule has 1 heterocycles. The first-order valence-corrected chi connectivity index (χ1v) is 7.15. The van der Waals surface area contributed by atoms with Crippen LogP contribution in [-0.2, 0) is 0 Å². The summed E-state index contributed by atoms with van der Waals surface area (Å²) in [6.07, 6.45) is 7.09. The van der Waals surface area contributed by atoms with Crippen molar-refractivity contribution in [2.24, 2.45) is 5.92 Å². The molecule has 0 unspecified atom stereocenters. The average Bonchev–Trinajstić information content (AvgIpc) is 2.36. The molecule has 1 saturated carbocycles. The second kappa shape index (κ2) is 6.57. The van der Waals surface area contributed by atoms with Gasteiger partial charge in [0.2, 0.25) is 5.95 Å². The molecule has 4 nitrogen and oxygen atoms in total. The predicted octanol–water partition coefficient (Wildman–Crippen LogP) is 2.92. The molecule has 1 aliphatic carbocycles. The minimum atomic E-state index is 0.751. The molecule has 1 aromatic heterocycles. The first-order valence-electron chi connectivity index (χ1n) is 7.15. The van der Waals surface area contributed by atoms with E-state index in [1.807, 2.05) is 12.3 Å². The summed E-state index contributed by atoms with van der Waals surface area (Å²) in [5, 5.41) is 3.25. The smallest absolute Gasteiger partial charge is 0.224 e. The molecular formula is C14H24N4. The zero-order valence-corrected chi connectivity index (χ0v) is 11.5. The molecule has 4 heteroatoms. The van der Waals surface area contributed by atoms with Crippen LogP contribution in [0.2, 0.25) is 0 Å². The molecule has 0 amide bonds. The summed E-state index contributed by atoms with van der Waals surface area (Å²) in [4.78, 5) is 11.2. The van der Waals surface area contributed by atoms with Crippen molar-refractivity contribution in [2.75, 3.05) is 29.9 Å². The normalized spacial score (nSPS) is 15.2. The van der Waals surface area contributed by atoms with Crippen molar-refractivity contribution in [3.05, 3.63) is 12.3 Å². The molecule has 0 radical (unpaired) electrons. The maximum atomic E-state index is 4.60. The molecule has 0 bridgehead atoms. The number of aromatic nitrogens is 2. The van der Waals surface area contributed by atoms with Gasteiger partial charge in [-0.25, -0.2) is 4.98 Å². The molecule has 2 rings (SSSR count). The highest BCUT2D eigenvalue weighted by atomic mass is 15.2. The number of hydrogen-bond donors (Lipinski definition) is 1. The molecule has 18 heavy (non-hydrogen) atoms. The maximum Gasteiger partial charge on any atom is 0.224 e. The standard InChI is InChI=1S/C14H24N4/c1-3-9-15-14-16-10-8-13(17-14)18(4-2)11-12-6-5-7-12/h8,10,12H,3-7,9,11H2,1-2H3,(H,15,16,17). The zero-order valence-electron chi connectivity index (χ0n) is 11.5. The van der Waals surface area contributed by atoms with Crippen molar-refractivity contribution in [2.45, 2.75) is 39.5 Å². The minimum absolute atomic E-state index is 0.751.